The molecule has 0 saturated carbocycles. The van der Waals surface area contributed by atoms with Crippen molar-refractivity contribution in [3.05, 3.63) is 41.9 Å². The van der Waals surface area contributed by atoms with E-state index in [0.29, 0.717) is 10.3 Å². The Morgan fingerprint density at radius 2 is 1.88 bits per heavy atom. The summed E-state index contributed by atoms with van der Waals surface area (Å²) in [5, 5.41) is 9.41. The van der Waals surface area contributed by atoms with E-state index in [1.54, 1.807) is 0 Å². The van der Waals surface area contributed by atoms with Gasteiger partial charge in [-0.15, -0.1) is 0 Å². The van der Waals surface area contributed by atoms with E-state index in [0.717, 1.165) is 6.26 Å². The third-order valence-corrected chi connectivity index (χ3v) is 6.56. The van der Waals surface area contributed by atoms with Gasteiger partial charge in [0.15, 0.2) is 10.7 Å². The van der Waals surface area contributed by atoms with Crippen LogP contribution in [0.3, 0.4) is 0 Å². The summed E-state index contributed by atoms with van der Waals surface area (Å²) in [6.07, 6.45) is 1.09. The highest BCUT2D eigenvalue weighted by atomic mass is 32.2. The zero-order chi connectivity index (χ0) is 19.5. The van der Waals surface area contributed by atoms with Crippen molar-refractivity contribution in [2.75, 3.05) is 17.6 Å². The van der Waals surface area contributed by atoms with Crippen molar-refractivity contribution in [3.63, 3.8) is 0 Å². The summed E-state index contributed by atoms with van der Waals surface area (Å²) < 4.78 is 76.9. The van der Waals surface area contributed by atoms with Crippen LogP contribution >= 0.6 is 0 Å². The third kappa shape index (κ3) is 4.84. The Morgan fingerprint density at radius 1 is 1.27 bits per heavy atom. The third-order valence-electron chi connectivity index (χ3n) is 3.29. The molecule has 0 unspecified atom stereocenters. The van der Waals surface area contributed by atoms with Crippen molar-refractivity contribution in [1.29, 1.82) is 0 Å². The summed E-state index contributed by atoms with van der Waals surface area (Å²) in [7, 11) is -6.69. The molecule has 1 aromatic heterocycles. The van der Waals surface area contributed by atoms with Gasteiger partial charge in [0.2, 0.25) is 0 Å². The molecule has 12 heteroatoms. The topological polar surface area (TPSA) is 98.7 Å². The van der Waals surface area contributed by atoms with E-state index in [1.165, 1.54) is 6.07 Å². The van der Waals surface area contributed by atoms with Crippen LogP contribution in [0.15, 0.2) is 33.9 Å². The molecule has 0 aliphatic rings. The van der Waals surface area contributed by atoms with Crippen molar-refractivity contribution in [1.82, 2.24) is 5.16 Å². The Balaban J connectivity index is 2.33. The van der Waals surface area contributed by atoms with E-state index >= 15 is 0 Å². The number of halogens is 3. The molecule has 1 heterocycles. The summed E-state index contributed by atoms with van der Waals surface area (Å²) in [6, 6.07) is 2.28. The standard InChI is InChI=1S/C14H18F3N3O4SSi/c1-26(2,18)6-5-23-9-20(13-3-4-24-19-13)25(21,22)14-11(16)7-10(15)8-12(14)17/h3-4,7-8H,5-6,9,18H2,1-2H3. The Labute approximate surface area is 149 Å². The van der Waals surface area contributed by atoms with Gasteiger partial charge in [-0.3, -0.25) is 0 Å². The van der Waals surface area contributed by atoms with Crippen LogP contribution in [-0.4, -0.2) is 35.1 Å². The number of benzene rings is 1. The number of hydrogen-bond acceptors (Lipinski definition) is 6. The van der Waals surface area contributed by atoms with Crippen LogP contribution in [0.4, 0.5) is 19.0 Å². The first-order chi connectivity index (χ1) is 12.0. The van der Waals surface area contributed by atoms with E-state index in [1.807, 2.05) is 13.1 Å². The van der Waals surface area contributed by atoms with E-state index in [-0.39, 0.29) is 24.6 Å². The molecule has 0 amide bonds. The predicted molar refractivity (Wildman–Crippen MR) is 89.8 cm³/mol. The second-order valence-electron chi connectivity index (χ2n) is 6.19. The van der Waals surface area contributed by atoms with Gasteiger partial charge in [0.25, 0.3) is 10.0 Å². The molecule has 0 spiro atoms. The number of hydrogen-bond donors (Lipinski definition) is 1. The lowest BCUT2D eigenvalue weighted by atomic mass is 10.3. The second kappa shape index (κ2) is 7.78. The molecule has 0 bridgehead atoms. The van der Waals surface area contributed by atoms with Crippen LogP contribution in [0.2, 0.25) is 19.1 Å². The molecule has 1 aromatic carbocycles. The number of anilines is 1. The van der Waals surface area contributed by atoms with E-state index < -0.39 is 47.3 Å². The number of ether oxygens (including phenoxy) is 1. The Kier molecular flexibility index (Phi) is 6.11. The monoisotopic (exact) mass is 409 g/mol. The number of aromatic nitrogens is 1. The van der Waals surface area contributed by atoms with Gasteiger partial charge in [-0.05, 0) is 6.04 Å². The van der Waals surface area contributed by atoms with E-state index in [4.69, 9.17) is 10.1 Å². The van der Waals surface area contributed by atoms with Crippen LogP contribution in [-0.2, 0) is 14.8 Å². The number of nitrogens with zero attached hydrogens (tertiary/aromatic N) is 2. The van der Waals surface area contributed by atoms with Crippen LogP contribution < -0.4 is 9.70 Å². The first-order valence-electron chi connectivity index (χ1n) is 7.46. The fraction of sp³-hybridized carbons (Fsp3) is 0.357. The predicted octanol–water partition coefficient (Wildman–Crippen LogP) is 2.43. The molecular formula is C14H18F3N3O4SSi. The first kappa shape index (κ1) is 20.4. The molecule has 0 atom stereocenters. The summed E-state index contributed by atoms with van der Waals surface area (Å²) in [4.78, 5) is -1.31. The molecule has 144 valence electrons. The largest absolute Gasteiger partial charge is 0.363 e. The zero-order valence-electron chi connectivity index (χ0n) is 14.1. The van der Waals surface area contributed by atoms with Crippen LogP contribution in [0, 0.1) is 17.5 Å². The molecule has 7 nitrogen and oxygen atoms in total. The fourth-order valence-corrected chi connectivity index (χ4v) is 4.02. The molecular weight excluding hydrogens is 391 g/mol. The lowest BCUT2D eigenvalue weighted by Crippen LogP contribution is -2.40. The second-order valence-corrected chi connectivity index (χ2v) is 12.5. The average Bonchev–Trinajstić information content (AvgIpc) is 2.97. The minimum absolute atomic E-state index is 0.147. The molecule has 2 aromatic rings. The van der Waals surface area contributed by atoms with Crippen molar-refractivity contribution in [2.24, 2.45) is 5.40 Å². The van der Waals surface area contributed by atoms with Gasteiger partial charge >= 0.3 is 0 Å². The number of nitrogens with two attached hydrogens (primary N) is 1. The van der Waals surface area contributed by atoms with Crippen LogP contribution in [0.25, 0.3) is 0 Å². The summed E-state index contributed by atoms with van der Waals surface area (Å²) in [5.74, 6) is -4.60. The molecule has 2 N–H and O–H groups in total. The van der Waals surface area contributed by atoms with Gasteiger partial charge in [-0.25, -0.2) is 25.9 Å². The first-order valence-corrected chi connectivity index (χ1v) is 12.2. The van der Waals surface area contributed by atoms with Crippen molar-refractivity contribution >= 4 is 24.1 Å². The molecule has 2 rings (SSSR count). The van der Waals surface area contributed by atoms with Gasteiger partial charge in [0.1, 0.15) is 38.7 Å². The Bertz CT molecular complexity index is 834. The number of rotatable bonds is 8. The maximum atomic E-state index is 14.0. The van der Waals surface area contributed by atoms with Crippen molar-refractivity contribution < 1.29 is 30.8 Å². The summed E-state index contributed by atoms with van der Waals surface area (Å²) in [5.41, 5.74) is 0. The molecule has 26 heavy (non-hydrogen) atoms. The van der Waals surface area contributed by atoms with Gasteiger partial charge in [0, 0.05) is 24.8 Å². The number of sulfonamides is 1. The van der Waals surface area contributed by atoms with Gasteiger partial charge in [-0.2, -0.15) is 0 Å². The molecule has 0 saturated heterocycles. The van der Waals surface area contributed by atoms with Gasteiger partial charge < -0.3 is 14.7 Å². The van der Waals surface area contributed by atoms with Crippen LogP contribution in [0.1, 0.15) is 0 Å². The zero-order valence-corrected chi connectivity index (χ0v) is 15.9. The highest BCUT2D eigenvalue weighted by Crippen LogP contribution is 2.27. The lowest BCUT2D eigenvalue weighted by molar-refractivity contribution is 0.155. The SMILES string of the molecule is C[Si](C)(N)CCOCN(c1ccon1)S(=O)(=O)c1c(F)cc(F)cc1F. The maximum absolute atomic E-state index is 14.0. The molecule has 0 fully saturated rings. The highest BCUT2D eigenvalue weighted by Gasteiger charge is 2.33. The Hall–Kier alpha value is -1.89. The van der Waals surface area contributed by atoms with Gasteiger partial charge in [0.05, 0.1) is 0 Å². The van der Waals surface area contributed by atoms with E-state index in [2.05, 4.69) is 9.68 Å². The minimum atomic E-state index is -4.77. The molecule has 0 aliphatic carbocycles. The lowest BCUT2D eigenvalue weighted by Gasteiger charge is -2.23. The maximum Gasteiger partial charge on any atom is 0.273 e. The van der Waals surface area contributed by atoms with Crippen LogP contribution in [0.5, 0.6) is 0 Å². The Morgan fingerprint density at radius 3 is 2.38 bits per heavy atom. The quantitative estimate of drug-likeness (QED) is 0.408. The molecule has 0 aliphatic heterocycles. The highest BCUT2D eigenvalue weighted by molar-refractivity contribution is 7.92. The summed E-state index contributed by atoms with van der Waals surface area (Å²) in [6.45, 7) is 3.36. The van der Waals surface area contributed by atoms with Gasteiger partial charge in [-0.1, -0.05) is 18.3 Å². The van der Waals surface area contributed by atoms with E-state index in [9.17, 15) is 21.6 Å². The fourth-order valence-electron chi connectivity index (χ4n) is 1.96. The normalized spacial score (nSPS) is 12.4. The smallest absolute Gasteiger partial charge is 0.273 e. The van der Waals surface area contributed by atoms with Crippen molar-refractivity contribution in [2.45, 2.75) is 24.0 Å². The minimum Gasteiger partial charge on any atom is -0.363 e. The van der Waals surface area contributed by atoms with Crippen molar-refractivity contribution in [3.8, 4) is 0 Å². The molecule has 0 radical (unpaired) electrons. The average molecular weight is 409 g/mol. The summed E-state index contributed by atoms with van der Waals surface area (Å²) >= 11 is 0.